The smallest absolute Gasteiger partial charge is 0.331 e. The number of benzene rings is 3. The minimum atomic E-state index is -2.23. The number of aryl methyl sites for hydroxylation is 1. The highest BCUT2D eigenvalue weighted by Gasteiger charge is 2.88. The molecular formula is C75H93NO9. The molecule has 12 bridgehead atoms. The van der Waals surface area contributed by atoms with Gasteiger partial charge in [0.05, 0.1) is 35.9 Å². The summed E-state index contributed by atoms with van der Waals surface area (Å²) in [5, 5.41) is 75.0. The average Bonchev–Trinajstić information content (AvgIpc) is 1.63. The first-order valence-electron chi connectivity index (χ1n) is 34.0. The van der Waals surface area contributed by atoms with Gasteiger partial charge in [0.15, 0.2) is 0 Å². The molecule has 10 heteroatoms. The molecular weight excluding hydrogens is 1060 g/mol. The molecule has 14 aliphatic rings. The van der Waals surface area contributed by atoms with Crippen molar-refractivity contribution in [2.75, 3.05) is 7.05 Å². The lowest BCUT2D eigenvalue weighted by Gasteiger charge is -2.76. The van der Waals surface area contributed by atoms with E-state index in [-0.39, 0.29) is 72.8 Å². The molecule has 3 aromatic carbocycles. The quantitative estimate of drug-likeness (QED) is 0.0795. The van der Waals surface area contributed by atoms with Gasteiger partial charge >= 0.3 is 5.97 Å². The zero-order chi connectivity index (χ0) is 58.0. The zero-order valence-corrected chi connectivity index (χ0v) is 50.4. The summed E-state index contributed by atoms with van der Waals surface area (Å²) in [7, 11) is 1.96. The van der Waals surface area contributed by atoms with Crippen molar-refractivity contribution in [2.45, 2.75) is 215 Å². The standard InChI is InChI=1S/C75H93NO9/c1-44-51-19-18-48(30-51)29-46-12-8-13-47(28-46)32-56-35-55-31-49(17-16-45-10-4-3-5-11-45)38-70(55)42-72(43-78)63-23-27-71-41-69(24-6-7-25-69)26-22-50-14-9-15-53(40-77)57(50)36-62(76-2)58-33-54(65(71)59-37-64(79)85-66(58)59)39-73(71,81)75(63,83)67(80)61-34-52(44)20-21-60(68(70)84-56)74(61,72)82/h3-5,8-15,28,37,43-44,48-49,51-52,54-56,58,60-63,65-68,76-77,80-83H,6-7,16-21,23-25,27,29-36,38-42H2,1-2H3. The molecule has 10 fully saturated rings. The molecule has 23 atom stereocenters. The maximum Gasteiger partial charge on any atom is 0.331 e. The molecule has 10 nitrogen and oxygen atoms in total. The van der Waals surface area contributed by atoms with Crippen molar-refractivity contribution < 1.29 is 44.6 Å². The second-order valence-electron chi connectivity index (χ2n) is 31.5. The summed E-state index contributed by atoms with van der Waals surface area (Å²) in [5.41, 5.74) is -1.94. The SMILES string of the molecule is CNC1Cc2c(cccc2CO)C#CC2(CCCC2)CC23CCC4C5(C=O)CC67CC(CCc8ccccc8)CC6CC6Cc8cccc(c8)CC8CCC(C8)C(C)C8CCC(C7O6)C5(O)C(C8)C(O)C4(O)C2(O)CC2CC1C1OC(=O)C=C1C23. The van der Waals surface area contributed by atoms with Crippen LogP contribution >= 0.6 is 0 Å². The van der Waals surface area contributed by atoms with E-state index in [0.29, 0.717) is 69.1 Å². The summed E-state index contributed by atoms with van der Waals surface area (Å²) < 4.78 is 14.4. The van der Waals surface area contributed by atoms with Crippen LogP contribution in [0, 0.1) is 105 Å². The Morgan fingerprint density at radius 1 is 0.788 bits per heavy atom. The first-order chi connectivity index (χ1) is 41.1. The summed E-state index contributed by atoms with van der Waals surface area (Å²) >= 11 is 0. The fourth-order valence-corrected chi connectivity index (χ4v) is 25.1. The van der Waals surface area contributed by atoms with Crippen LogP contribution in [-0.2, 0) is 51.4 Å². The van der Waals surface area contributed by atoms with Crippen LogP contribution in [0.1, 0.15) is 169 Å². The lowest BCUT2D eigenvalue weighted by atomic mass is 9.32. The normalized spacial score (nSPS) is 47.5. The molecule has 17 rings (SSSR count). The van der Waals surface area contributed by atoms with Crippen molar-refractivity contribution in [3.8, 4) is 11.8 Å². The van der Waals surface area contributed by atoms with Gasteiger partial charge < -0.3 is 45.1 Å². The molecule has 6 N–H and O–H groups in total. The molecule has 3 spiro atoms. The van der Waals surface area contributed by atoms with Gasteiger partial charge in [0.2, 0.25) is 0 Å². The lowest BCUT2D eigenvalue weighted by Crippen LogP contribution is -2.87. The molecule has 3 heterocycles. The van der Waals surface area contributed by atoms with E-state index in [9.17, 15) is 15.0 Å². The number of rotatable bonds is 6. The molecule has 0 amide bonds. The maximum atomic E-state index is 15.9. The summed E-state index contributed by atoms with van der Waals surface area (Å²) in [4.78, 5) is 30.0. The van der Waals surface area contributed by atoms with Gasteiger partial charge in [0.1, 0.15) is 23.6 Å². The first kappa shape index (κ1) is 56.1. The summed E-state index contributed by atoms with van der Waals surface area (Å²) in [5.74, 6) is 6.17. The minimum absolute atomic E-state index is 0.0745. The Hall–Kier alpha value is -4.18. The van der Waals surface area contributed by atoms with E-state index >= 15 is 20.1 Å². The van der Waals surface area contributed by atoms with Crippen molar-refractivity contribution in [1.82, 2.24) is 5.32 Å². The van der Waals surface area contributed by atoms with Crippen molar-refractivity contribution in [3.05, 3.63) is 118 Å². The van der Waals surface area contributed by atoms with Crippen molar-refractivity contribution in [1.29, 1.82) is 0 Å². The highest BCUT2D eigenvalue weighted by molar-refractivity contribution is 5.86. The number of carbonyl (C=O) groups excluding carboxylic acids is 2. The molecule has 452 valence electrons. The summed E-state index contributed by atoms with van der Waals surface area (Å²) in [6, 6.07) is 26.0. The fourth-order valence-electron chi connectivity index (χ4n) is 25.1. The predicted octanol–water partition coefficient (Wildman–Crippen LogP) is 10.4. The number of hydrogen-bond donors (Lipinski definition) is 6. The van der Waals surface area contributed by atoms with Crippen molar-refractivity contribution >= 4 is 12.3 Å². The van der Waals surface area contributed by atoms with Crippen LogP contribution in [0.25, 0.3) is 0 Å². The molecule has 85 heavy (non-hydrogen) atoms. The highest BCUT2D eigenvalue weighted by Crippen LogP contribution is 2.81. The third kappa shape index (κ3) is 7.87. The first-order valence-corrected chi connectivity index (χ1v) is 34.0. The third-order valence-electron chi connectivity index (χ3n) is 28.3. The number of likely N-dealkylation sites (N-methyl/N-ethyl adjacent to an activating group) is 1. The Balaban J connectivity index is 0.890. The summed E-state index contributed by atoms with van der Waals surface area (Å²) in [6.45, 7) is 2.31. The van der Waals surface area contributed by atoms with Crippen LogP contribution in [0.5, 0.6) is 0 Å². The second-order valence-corrected chi connectivity index (χ2v) is 31.5. The van der Waals surface area contributed by atoms with Crippen LogP contribution in [0.15, 0.2) is 84.4 Å². The fraction of sp³-hybridized carbons (Fsp3) is 0.680. The van der Waals surface area contributed by atoms with Gasteiger partial charge in [0.25, 0.3) is 0 Å². The van der Waals surface area contributed by atoms with Gasteiger partial charge in [-0.05, 0) is 235 Å². The Bertz CT molecular complexity index is 3230. The monoisotopic (exact) mass is 1150 g/mol. The predicted molar refractivity (Wildman–Crippen MR) is 323 cm³/mol. The number of esters is 1. The number of fused-ring (bicyclic) bond motifs is 11. The van der Waals surface area contributed by atoms with E-state index in [4.69, 9.17) is 9.47 Å². The molecule has 0 aromatic heterocycles. The number of aliphatic hydroxyl groups is 5. The number of carbonyl (C=O) groups is 2. The number of aldehydes is 1. The number of ether oxygens (including phenoxy) is 2. The van der Waals surface area contributed by atoms with E-state index < -0.39 is 68.4 Å². The van der Waals surface area contributed by atoms with Gasteiger partial charge in [-0.1, -0.05) is 98.3 Å². The lowest BCUT2D eigenvalue weighted by molar-refractivity contribution is -0.392. The zero-order valence-electron chi connectivity index (χ0n) is 50.4. The third-order valence-corrected chi connectivity index (χ3v) is 28.3. The Morgan fingerprint density at radius 2 is 1.58 bits per heavy atom. The second kappa shape index (κ2) is 20.2. The molecule has 3 aromatic rings. The Kier molecular flexibility index (Phi) is 13.3. The highest BCUT2D eigenvalue weighted by atomic mass is 16.5. The van der Waals surface area contributed by atoms with E-state index in [1.54, 1.807) is 6.08 Å². The van der Waals surface area contributed by atoms with E-state index in [1.165, 1.54) is 23.1 Å². The van der Waals surface area contributed by atoms with Crippen LogP contribution < -0.4 is 5.32 Å². The number of hydrogen-bond acceptors (Lipinski definition) is 10. The number of nitrogens with one attached hydrogen (secondary N) is 1. The van der Waals surface area contributed by atoms with Crippen LogP contribution in [0.2, 0.25) is 0 Å². The van der Waals surface area contributed by atoms with Gasteiger partial charge in [-0.25, -0.2) is 4.79 Å². The molecule has 23 unspecified atom stereocenters. The molecule has 3 aliphatic heterocycles. The molecule has 0 radical (unpaired) electrons. The van der Waals surface area contributed by atoms with Crippen LogP contribution in [0.3, 0.4) is 0 Å². The molecule has 1 saturated heterocycles. The van der Waals surface area contributed by atoms with Crippen molar-refractivity contribution in [3.63, 3.8) is 0 Å². The van der Waals surface area contributed by atoms with Gasteiger partial charge in [-0.2, -0.15) is 0 Å². The van der Waals surface area contributed by atoms with Gasteiger partial charge in [-0.15, -0.1) is 0 Å². The largest absolute Gasteiger partial charge is 0.454 e. The van der Waals surface area contributed by atoms with Gasteiger partial charge in [-0.3, -0.25) is 0 Å². The van der Waals surface area contributed by atoms with Crippen LogP contribution in [0.4, 0.5) is 0 Å². The molecule has 11 aliphatic carbocycles. The number of aliphatic hydroxyl groups excluding tert-OH is 2. The van der Waals surface area contributed by atoms with E-state index in [0.717, 1.165) is 118 Å². The topological polar surface area (TPSA) is 166 Å². The maximum absolute atomic E-state index is 15.9. The Labute approximate surface area is 504 Å². The summed E-state index contributed by atoms with van der Waals surface area (Å²) in [6.07, 6.45) is 18.8. The molecule has 9 saturated carbocycles. The van der Waals surface area contributed by atoms with E-state index in [1.807, 2.05) is 19.2 Å². The van der Waals surface area contributed by atoms with E-state index in [2.05, 4.69) is 84.7 Å². The Morgan fingerprint density at radius 3 is 2.38 bits per heavy atom. The van der Waals surface area contributed by atoms with Crippen molar-refractivity contribution in [2.24, 2.45) is 92.7 Å². The minimum Gasteiger partial charge on any atom is -0.454 e. The van der Waals surface area contributed by atoms with Gasteiger partial charge in [0, 0.05) is 57.6 Å². The van der Waals surface area contributed by atoms with Crippen LogP contribution in [-0.4, -0.2) is 92.1 Å². The average molecular weight is 1150 g/mol.